The minimum atomic E-state index is -0.260. The van der Waals surface area contributed by atoms with E-state index < -0.39 is 0 Å². The van der Waals surface area contributed by atoms with Gasteiger partial charge in [-0.2, -0.15) is 0 Å². The first-order valence-electron chi connectivity index (χ1n) is 6.10. The van der Waals surface area contributed by atoms with E-state index in [0.29, 0.717) is 16.5 Å². The minimum Gasteiger partial charge on any atom is -0.459 e. The van der Waals surface area contributed by atoms with Crippen LogP contribution in [0.4, 0.5) is 5.00 Å². The van der Waals surface area contributed by atoms with E-state index in [1.807, 2.05) is 13.8 Å². The van der Waals surface area contributed by atoms with Crippen LogP contribution in [-0.4, -0.2) is 12.1 Å². The number of anilines is 1. The second-order valence-electron chi connectivity index (χ2n) is 5.05. The molecule has 17 heavy (non-hydrogen) atoms. The lowest BCUT2D eigenvalue weighted by molar-refractivity contribution is 0.0378. The van der Waals surface area contributed by atoms with Gasteiger partial charge in [-0.3, -0.25) is 0 Å². The van der Waals surface area contributed by atoms with Gasteiger partial charge in [0, 0.05) is 4.88 Å². The van der Waals surface area contributed by atoms with Crippen LogP contribution in [0.15, 0.2) is 0 Å². The number of nitrogen functional groups attached to an aromatic ring is 1. The fraction of sp³-hybridized carbons (Fsp3) is 0.615. The van der Waals surface area contributed by atoms with Crippen LogP contribution < -0.4 is 5.73 Å². The summed E-state index contributed by atoms with van der Waals surface area (Å²) in [5.41, 5.74) is 7.73. The molecule has 94 valence electrons. The molecule has 0 saturated carbocycles. The molecular weight excluding hydrogens is 234 g/mol. The second-order valence-corrected chi connectivity index (χ2v) is 6.18. The highest BCUT2D eigenvalue weighted by Gasteiger charge is 2.27. The molecule has 0 aromatic carbocycles. The van der Waals surface area contributed by atoms with Crippen LogP contribution in [0.2, 0.25) is 0 Å². The van der Waals surface area contributed by atoms with E-state index >= 15 is 0 Å². The average Bonchev–Trinajstić information content (AvgIpc) is 2.51. The molecule has 1 aliphatic carbocycles. The van der Waals surface area contributed by atoms with E-state index in [1.165, 1.54) is 4.88 Å². The van der Waals surface area contributed by atoms with Gasteiger partial charge in [-0.1, -0.05) is 6.92 Å². The van der Waals surface area contributed by atoms with Crippen molar-refractivity contribution in [3.8, 4) is 0 Å². The fourth-order valence-electron chi connectivity index (χ4n) is 2.27. The third kappa shape index (κ3) is 2.46. The van der Waals surface area contributed by atoms with Gasteiger partial charge < -0.3 is 10.5 Å². The van der Waals surface area contributed by atoms with Crippen LogP contribution in [0.1, 0.15) is 48.0 Å². The summed E-state index contributed by atoms with van der Waals surface area (Å²) < 4.78 is 5.26. The predicted octanol–water partition coefficient (Wildman–Crippen LogP) is 3.02. The SMILES string of the molecule is CC(C)OC(=O)c1c(N)sc2c1CC[C@@H](C)C2. The van der Waals surface area contributed by atoms with E-state index in [4.69, 9.17) is 10.5 Å². The Morgan fingerprint density at radius 1 is 1.53 bits per heavy atom. The van der Waals surface area contributed by atoms with Gasteiger partial charge in [-0.15, -0.1) is 11.3 Å². The molecule has 4 heteroatoms. The lowest BCUT2D eigenvalue weighted by atomic mass is 9.88. The number of thiophene rings is 1. The number of nitrogens with two attached hydrogens (primary N) is 1. The molecule has 0 unspecified atom stereocenters. The highest BCUT2D eigenvalue weighted by molar-refractivity contribution is 7.16. The van der Waals surface area contributed by atoms with E-state index in [1.54, 1.807) is 11.3 Å². The maximum Gasteiger partial charge on any atom is 0.341 e. The van der Waals surface area contributed by atoms with Crippen molar-refractivity contribution in [3.05, 3.63) is 16.0 Å². The molecular formula is C13H19NO2S. The van der Waals surface area contributed by atoms with Gasteiger partial charge in [0.05, 0.1) is 11.7 Å². The van der Waals surface area contributed by atoms with Crippen molar-refractivity contribution >= 4 is 22.3 Å². The van der Waals surface area contributed by atoms with Gasteiger partial charge in [0.2, 0.25) is 0 Å². The Balaban J connectivity index is 2.32. The fourth-order valence-corrected chi connectivity index (χ4v) is 3.54. The van der Waals surface area contributed by atoms with Crippen molar-refractivity contribution in [3.63, 3.8) is 0 Å². The second kappa shape index (κ2) is 4.69. The third-order valence-electron chi connectivity index (χ3n) is 3.09. The molecule has 0 fully saturated rings. The van der Waals surface area contributed by atoms with Crippen LogP contribution in [0.3, 0.4) is 0 Å². The monoisotopic (exact) mass is 253 g/mol. The highest BCUT2D eigenvalue weighted by atomic mass is 32.1. The predicted molar refractivity (Wildman–Crippen MR) is 70.5 cm³/mol. The minimum absolute atomic E-state index is 0.0973. The first-order valence-corrected chi connectivity index (χ1v) is 6.91. The zero-order valence-electron chi connectivity index (χ0n) is 10.6. The summed E-state index contributed by atoms with van der Waals surface area (Å²) in [6.45, 7) is 5.95. The third-order valence-corrected chi connectivity index (χ3v) is 4.17. The molecule has 1 aromatic heterocycles. The summed E-state index contributed by atoms with van der Waals surface area (Å²) in [6, 6.07) is 0. The van der Waals surface area contributed by atoms with Crippen molar-refractivity contribution in [1.29, 1.82) is 0 Å². The Labute approximate surface area is 106 Å². The lowest BCUT2D eigenvalue weighted by Gasteiger charge is -2.18. The van der Waals surface area contributed by atoms with Crippen molar-refractivity contribution in [2.45, 2.75) is 46.1 Å². The Hall–Kier alpha value is -1.03. The van der Waals surface area contributed by atoms with Gasteiger partial charge in [-0.25, -0.2) is 4.79 Å². The molecule has 0 spiro atoms. The topological polar surface area (TPSA) is 52.3 Å². The quantitative estimate of drug-likeness (QED) is 0.824. The summed E-state index contributed by atoms with van der Waals surface area (Å²) in [5.74, 6) is 0.430. The molecule has 1 atom stereocenters. The number of ether oxygens (including phenoxy) is 1. The maximum absolute atomic E-state index is 12.0. The molecule has 1 heterocycles. The molecule has 0 aliphatic heterocycles. The van der Waals surface area contributed by atoms with E-state index in [-0.39, 0.29) is 12.1 Å². The zero-order valence-corrected chi connectivity index (χ0v) is 11.4. The molecule has 2 rings (SSSR count). The van der Waals surface area contributed by atoms with Crippen LogP contribution in [0, 0.1) is 5.92 Å². The van der Waals surface area contributed by atoms with Crippen LogP contribution in [0.5, 0.6) is 0 Å². The van der Waals surface area contributed by atoms with Crippen LogP contribution >= 0.6 is 11.3 Å². The Morgan fingerprint density at radius 2 is 2.24 bits per heavy atom. The number of carbonyl (C=O) groups excluding carboxylic acids is 1. The highest BCUT2D eigenvalue weighted by Crippen LogP contribution is 2.38. The smallest absolute Gasteiger partial charge is 0.341 e. The van der Waals surface area contributed by atoms with E-state index in [0.717, 1.165) is 24.8 Å². The van der Waals surface area contributed by atoms with E-state index in [9.17, 15) is 4.79 Å². The number of carbonyl (C=O) groups is 1. The molecule has 0 radical (unpaired) electrons. The summed E-state index contributed by atoms with van der Waals surface area (Å²) in [5, 5.41) is 0.620. The Bertz CT molecular complexity index is 437. The largest absolute Gasteiger partial charge is 0.459 e. The summed E-state index contributed by atoms with van der Waals surface area (Å²) in [7, 11) is 0. The molecule has 1 aliphatic rings. The van der Waals surface area contributed by atoms with Gasteiger partial charge in [-0.05, 0) is 44.6 Å². The van der Waals surface area contributed by atoms with Crippen molar-refractivity contribution in [1.82, 2.24) is 0 Å². The Kier molecular flexibility index (Phi) is 3.43. The van der Waals surface area contributed by atoms with Crippen LogP contribution in [0.25, 0.3) is 0 Å². The zero-order chi connectivity index (χ0) is 12.6. The van der Waals surface area contributed by atoms with Gasteiger partial charge in [0.15, 0.2) is 0 Å². The number of rotatable bonds is 2. The summed E-state index contributed by atoms with van der Waals surface area (Å²) >= 11 is 1.55. The molecule has 0 saturated heterocycles. The number of hydrogen-bond donors (Lipinski definition) is 1. The van der Waals surface area contributed by atoms with Crippen molar-refractivity contribution in [2.24, 2.45) is 5.92 Å². The molecule has 3 nitrogen and oxygen atoms in total. The number of hydrogen-bond acceptors (Lipinski definition) is 4. The standard InChI is InChI=1S/C13H19NO2S/c1-7(2)16-13(15)11-9-5-4-8(3)6-10(9)17-12(11)14/h7-8H,4-6,14H2,1-3H3/t8-/m1/s1. The molecule has 1 aromatic rings. The maximum atomic E-state index is 12.0. The number of fused-ring (bicyclic) bond motifs is 1. The normalized spacial score (nSPS) is 19.2. The van der Waals surface area contributed by atoms with E-state index in [2.05, 4.69) is 6.92 Å². The first kappa shape index (κ1) is 12.4. The Morgan fingerprint density at radius 3 is 2.88 bits per heavy atom. The first-order chi connectivity index (χ1) is 7.99. The van der Waals surface area contributed by atoms with Crippen molar-refractivity contribution < 1.29 is 9.53 Å². The van der Waals surface area contributed by atoms with Gasteiger partial charge >= 0.3 is 5.97 Å². The summed E-state index contributed by atoms with van der Waals surface area (Å²) in [4.78, 5) is 13.3. The molecule has 0 bridgehead atoms. The summed E-state index contributed by atoms with van der Waals surface area (Å²) in [6.07, 6.45) is 3.02. The number of esters is 1. The van der Waals surface area contributed by atoms with Gasteiger partial charge in [0.25, 0.3) is 0 Å². The molecule has 0 amide bonds. The average molecular weight is 253 g/mol. The van der Waals surface area contributed by atoms with Gasteiger partial charge in [0.1, 0.15) is 5.00 Å². The van der Waals surface area contributed by atoms with Crippen molar-refractivity contribution in [2.75, 3.05) is 5.73 Å². The lowest BCUT2D eigenvalue weighted by Crippen LogP contribution is -2.16. The molecule has 2 N–H and O–H groups in total. The van der Waals surface area contributed by atoms with Crippen LogP contribution in [-0.2, 0) is 17.6 Å².